The molecule has 0 aliphatic rings. The number of nitrogens with one attached hydrogen (secondary N) is 1. The number of non-ortho nitro benzene ring substituents is 1. The Kier molecular flexibility index (Phi) is 2.46. The van der Waals surface area contributed by atoms with Gasteiger partial charge in [0.15, 0.2) is 0 Å². The molecule has 0 aliphatic heterocycles. The van der Waals surface area contributed by atoms with Crippen LogP contribution in [-0.2, 0) is 0 Å². The normalized spacial score (nSPS) is 10.1. The van der Waals surface area contributed by atoms with Gasteiger partial charge in [-0.15, -0.1) is 0 Å². The van der Waals surface area contributed by atoms with E-state index in [-0.39, 0.29) is 5.69 Å². The van der Waals surface area contributed by atoms with Crippen LogP contribution in [0.3, 0.4) is 0 Å². The molecule has 1 N–H and O–H groups in total. The minimum Gasteiger partial charge on any atom is -0.356 e. The van der Waals surface area contributed by atoms with Crippen molar-refractivity contribution in [1.82, 2.24) is 20.2 Å². The number of nitrogens with zero attached hydrogens (tertiary/aromatic N) is 5. The Morgan fingerprint density at radius 3 is 2.62 bits per heavy atom. The quantitative estimate of drug-likeness (QED) is 0.601. The van der Waals surface area contributed by atoms with E-state index in [1.807, 2.05) is 0 Å². The van der Waals surface area contributed by atoms with E-state index in [4.69, 9.17) is 0 Å². The van der Waals surface area contributed by atoms with Crippen molar-refractivity contribution in [3.05, 3.63) is 34.4 Å². The molecule has 82 valence electrons. The third-order valence-electron chi connectivity index (χ3n) is 2.00. The third-order valence-corrected chi connectivity index (χ3v) is 2.00. The maximum atomic E-state index is 10.5. The summed E-state index contributed by atoms with van der Waals surface area (Å²) in [5.74, 6) is 0.467. The first-order chi connectivity index (χ1) is 7.72. The topological polar surface area (TPSA) is 98.8 Å². The van der Waals surface area contributed by atoms with E-state index < -0.39 is 4.92 Å². The predicted molar refractivity (Wildman–Crippen MR) is 55.4 cm³/mol. The van der Waals surface area contributed by atoms with E-state index in [2.05, 4.69) is 20.8 Å². The van der Waals surface area contributed by atoms with Crippen LogP contribution < -0.4 is 5.32 Å². The molecule has 0 radical (unpaired) electrons. The Morgan fingerprint density at radius 1 is 1.38 bits per heavy atom. The zero-order valence-electron chi connectivity index (χ0n) is 8.36. The SMILES string of the molecule is CNc1nnnn1-c1ccc([N+](=O)[O-])cc1. The first kappa shape index (κ1) is 10.0. The fourth-order valence-electron chi connectivity index (χ4n) is 1.23. The Morgan fingerprint density at radius 2 is 2.06 bits per heavy atom. The van der Waals surface area contributed by atoms with Gasteiger partial charge in [-0.1, -0.05) is 5.10 Å². The number of hydrogen-bond donors (Lipinski definition) is 1. The van der Waals surface area contributed by atoms with Gasteiger partial charge in [0.2, 0.25) is 5.95 Å². The van der Waals surface area contributed by atoms with Gasteiger partial charge >= 0.3 is 0 Å². The molecule has 0 spiro atoms. The Balaban J connectivity index is 2.38. The number of hydrogen-bond acceptors (Lipinski definition) is 6. The molecule has 8 nitrogen and oxygen atoms in total. The summed E-state index contributed by atoms with van der Waals surface area (Å²) in [6, 6.07) is 5.96. The average Bonchev–Trinajstić information content (AvgIpc) is 2.77. The van der Waals surface area contributed by atoms with Crippen LogP contribution in [0.15, 0.2) is 24.3 Å². The van der Waals surface area contributed by atoms with E-state index in [1.165, 1.54) is 16.8 Å². The second-order valence-electron chi connectivity index (χ2n) is 2.94. The molecule has 0 bridgehead atoms. The van der Waals surface area contributed by atoms with Crippen LogP contribution in [-0.4, -0.2) is 32.2 Å². The van der Waals surface area contributed by atoms with Crippen LogP contribution in [0.2, 0.25) is 0 Å². The minimum atomic E-state index is -0.456. The zero-order chi connectivity index (χ0) is 11.5. The van der Waals surface area contributed by atoms with Gasteiger partial charge in [0.25, 0.3) is 5.69 Å². The molecule has 16 heavy (non-hydrogen) atoms. The third kappa shape index (κ3) is 1.67. The first-order valence-corrected chi connectivity index (χ1v) is 4.43. The van der Waals surface area contributed by atoms with Gasteiger partial charge in [-0.3, -0.25) is 10.1 Å². The molecular weight excluding hydrogens is 212 g/mol. The maximum Gasteiger partial charge on any atom is 0.269 e. The lowest BCUT2D eigenvalue weighted by Crippen LogP contribution is -2.03. The summed E-state index contributed by atoms with van der Waals surface area (Å²) in [4.78, 5) is 10.0. The van der Waals surface area contributed by atoms with Gasteiger partial charge in [-0.05, 0) is 22.6 Å². The van der Waals surface area contributed by atoms with Crippen molar-refractivity contribution in [2.75, 3.05) is 12.4 Å². The van der Waals surface area contributed by atoms with Crippen molar-refractivity contribution in [2.45, 2.75) is 0 Å². The highest BCUT2D eigenvalue weighted by atomic mass is 16.6. The highest BCUT2D eigenvalue weighted by Crippen LogP contribution is 2.16. The molecule has 0 unspecified atom stereocenters. The number of anilines is 1. The van der Waals surface area contributed by atoms with Crippen LogP contribution >= 0.6 is 0 Å². The average molecular weight is 220 g/mol. The first-order valence-electron chi connectivity index (χ1n) is 4.43. The number of aromatic nitrogens is 4. The largest absolute Gasteiger partial charge is 0.356 e. The summed E-state index contributed by atoms with van der Waals surface area (Å²) in [6.45, 7) is 0. The number of benzene rings is 1. The second kappa shape index (κ2) is 3.93. The molecular formula is C8H8N6O2. The van der Waals surface area contributed by atoms with Crippen LogP contribution in [0.5, 0.6) is 0 Å². The molecule has 2 aromatic rings. The summed E-state index contributed by atoms with van der Waals surface area (Å²) < 4.78 is 1.45. The van der Waals surface area contributed by atoms with E-state index in [0.717, 1.165) is 0 Å². The Labute approximate surface area is 90.0 Å². The lowest BCUT2D eigenvalue weighted by Gasteiger charge is -2.02. The van der Waals surface area contributed by atoms with Gasteiger partial charge < -0.3 is 5.32 Å². The van der Waals surface area contributed by atoms with E-state index in [1.54, 1.807) is 19.2 Å². The highest BCUT2D eigenvalue weighted by Gasteiger charge is 2.08. The molecule has 0 saturated carbocycles. The summed E-state index contributed by atoms with van der Waals surface area (Å²) in [5.41, 5.74) is 0.683. The summed E-state index contributed by atoms with van der Waals surface area (Å²) in [6.07, 6.45) is 0. The molecule has 0 atom stereocenters. The summed E-state index contributed by atoms with van der Waals surface area (Å²) in [7, 11) is 1.69. The van der Waals surface area contributed by atoms with Crippen LogP contribution in [0.1, 0.15) is 0 Å². The van der Waals surface area contributed by atoms with Gasteiger partial charge in [0.05, 0.1) is 10.6 Å². The lowest BCUT2D eigenvalue weighted by molar-refractivity contribution is -0.384. The fourth-order valence-corrected chi connectivity index (χ4v) is 1.23. The van der Waals surface area contributed by atoms with Crippen LogP contribution in [0, 0.1) is 10.1 Å². The molecule has 1 aromatic heterocycles. The number of nitro groups is 1. The molecule has 0 saturated heterocycles. The molecule has 0 fully saturated rings. The molecule has 8 heteroatoms. The highest BCUT2D eigenvalue weighted by molar-refractivity contribution is 5.43. The number of tetrazole rings is 1. The molecule has 1 aromatic carbocycles. The van der Waals surface area contributed by atoms with Gasteiger partial charge in [0, 0.05) is 19.2 Å². The van der Waals surface area contributed by atoms with Crippen LogP contribution in [0.4, 0.5) is 11.6 Å². The van der Waals surface area contributed by atoms with Crippen molar-refractivity contribution in [3.63, 3.8) is 0 Å². The van der Waals surface area contributed by atoms with Gasteiger partial charge in [-0.25, -0.2) is 0 Å². The van der Waals surface area contributed by atoms with Gasteiger partial charge in [0.1, 0.15) is 0 Å². The standard InChI is InChI=1S/C8H8N6O2/c1-9-8-10-11-12-13(8)6-2-4-7(5-3-6)14(15)16/h2-5H,1H3,(H,9,10,12). The Hall–Kier alpha value is -2.51. The number of rotatable bonds is 3. The monoisotopic (exact) mass is 220 g/mol. The van der Waals surface area contributed by atoms with Crippen molar-refractivity contribution in [1.29, 1.82) is 0 Å². The smallest absolute Gasteiger partial charge is 0.269 e. The molecule has 1 heterocycles. The molecule has 0 amide bonds. The predicted octanol–water partition coefficient (Wildman–Crippen LogP) is 0.612. The molecule has 2 rings (SSSR count). The summed E-state index contributed by atoms with van der Waals surface area (Å²) >= 11 is 0. The molecule has 0 aliphatic carbocycles. The minimum absolute atomic E-state index is 0.0304. The zero-order valence-corrected chi connectivity index (χ0v) is 8.36. The summed E-state index contributed by atoms with van der Waals surface area (Å²) in [5, 5.41) is 24.2. The van der Waals surface area contributed by atoms with Crippen molar-refractivity contribution >= 4 is 11.6 Å². The van der Waals surface area contributed by atoms with E-state index >= 15 is 0 Å². The lowest BCUT2D eigenvalue weighted by atomic mass is 10.3. The van der Waals surface area contributed by atoms with Crippen LogP contribution in [0.25, 0.3) is 5.69 Å². The van der Waals surface area contributed by atoms with E-state index in [9.17, 15) is 10.1 Å². The Bertz CT molecular complexity index is 506. The van der Waals surface area contributed by atoms with Gasteiger partial charge in [-0.2, -0.15) is 4.68 Å². The maximum absolute atomic E-state index is 10.5. The van der Waals surface area contributed by atoms with Crippen molar-refractivity contribution in [2.24, 2.45) is 0 Å². The second-order valence-corrected chi connectivity index (χ2v) is 2.94. The fraction of sp³-hybridized carbons (Fsp3) is 0.125. The number of nitro benzene ring substituents is 1. The van der Waals surface area contributed by atoms with Crippen molar-refractivity contribution in [3.8, 4) is 5.69 Å². The van der Waals surface area contributed by atoms with Crippen molar-refractivity contribution < 1.29 is 4.92 Å². The van der Waals surface area contributed by atoms with E-state index in [0.29, 0.717) is 11.6 Å².